The molecule has 2 fully saturated rings. The molecule has 0 unspecified atom stereocenters. The molecule has 25 heavy (non-hydrogen) atoms. The van der Waals surface area contributed by atoms with Crippen LogP contribution in [-0.2, 0) is 11.2 Å². The Morgan fingerprint density at radius 2 is 1.48 bits per heavy atom. The molecule has 0 spiro atoms. The minimum absolute atomic E-state index is 0.0420. The van der Waals surface area contributed by atoms with Crippen molar-refractivity contribution in [3.8, 4) is 0 Å². The molecule has 0 atom stereocenters. The summed E-state index contributed by atoms with van der Waals surface area (Å²) in [5, 5.41) is 18.2. The van der Waals surface area contributed by atoms with Crippen LogP contribution in [-0.4, -0.2) is 60.5 Å². The molecule has 6 heteroatoms. The van der Waals surface area contributed by atoms with Crippen LogP contribution in [0.15, 0.2) is 24.3 Å². The zero-order valence-electron chi connectivity index (χ0n) is 14.6. The molecule has 2 heterocycles. The molecule has 5 nitrogen and oxygen atoms in total. The van der Waals surface area contributed by atoms with Gasteiger partial charge in [-0.1, -0.05) is 0 Å². The third kappa shape index (κ3) is 4.56. The van der Waals surface area contributed by atoms with E-state index in [4.69, 9.17) is 12.6 Å². The van der Waals surface area contributed by atoms with Crippen molar-refractivity contribution < 1.29 is 15.0 Å². The zero-order chi connectivity index (χ0) is 17.8. The fourth-order valence-corrected chi connectivity index (χ4v) is 4.23. The number of hydrogen-bond donors (Lipinski definition) is 2. The van der Waals surface area contributed by atoms with Gasteiger partial charge in [-0.2, -0.15) is 0 Å². The van der Waals surface area contributed by atoms with E-state index in [9.17, 15) is 9.90 Å². The van der Waals surface area contributed by atoms with Crippen molar-refractivity contribution >= 4 is 24.9 Å². The van der Waals surface area contributed by atoms with E-state index in [1.807, 2.05) is 29.2 Å². The molecule has 3 rings (SSSR count). The summed E-state index contributed by atoms with van der Waals surface area (Å²) in [5.41, 5.74) is 2.03. The zero-order valence-corrected chi connectivity index (χ0v) is 14.6. The van der Waals surface area contributed by atoms with Crippen LogP contribution in [0.1, 0.15) is 31.2 Å². The second kappa shape index (κ2) is 7.94. The molecule has 2 aliphatic rings. The second-order valence-electron chi connectivity index (χ2n) is 7.24. The monoisotopic (exact) mass is 341 g/mol. The Morgan fingerprint density at radius 1 is 0.960 bits per heavy atom. The fourth-order valence-electron chi connectivity index (χ4n) is 4.23. The number of likely N-dealkylation sites (tertiary alicyclic amines) is 1. The molecule has 0 saturated carbocycles. The Labute approximate surface area is 150 Å². The van der Waals surface area contributed by atoms with Gasteiger partial charge >= 0.3 is 128 Å². The van der Waals surface area contributed by atoms with Gasteiger partial charge in [0, 0.05) is 0 Å². The van der Waals surface area contributed by atoms with Crippen LogP contribution < -0.4 is 4.90 Å². The summed E-state index contributed by atoms with van der Waals surface area (Å²) in [6, 6.07) is 7.91. The van der Waals surface area contributed by atoms with Gasteiger partial charge in [-0.15, -0.1) is 0 Å². The molecule has 0 aliphatic carbocycles. The van der Waals surface area contributed by atoms with Gasteiger partial charge in [0.2, 0.25) is 0 Å². The van der Waals surface area contributed by atoms with Gasteiger partial charge in [-0.3, -0.25) is 4.79 Å². The first-order chi connectivity index (χ1) is 12.0. The average Bonchev–Trinajstić information content (AvgIpc) is 2.62. The third-order valence-electron chi connectivity index (χ3n) is 5.73. The van der Waals surface area contributed by atoms with Gasteiger partial charge in [-0.25, -0.2) is 0 Å². The van der Waals surface area contributed by atoms with Crippen LogP contribution in [0.5, 0.6) is 0 Å². The van der Waals surface area contributed by atoms with Crippen LogP contribution in [0.25, 0.3) is 0 Å². The average molecular weight is 341 g/mol. The summed E-state index contributed by atoms with van der Waals surface area (Å²) in [6.07, 6.45) is 4.68. The van der Waals surface area contributed by atoms with Gasteiger partial charge in [-0.05, 0) is 5.56 Å². The van der Waals surface area contributed by atoms with E-state index in [0.717, 1.165) is 56.4 Å². The SMILES string of the molecule is [B]=C(O)N1CCC(C2CCN(c3ccc(CC(=O)O)cc3)CC2)CC1. The van der Waals surface area contributed by atoms with Crippen LogP contribution >= 0.6 is 0 Å². The number of carboxylic acid groups (broad SMARTS) is 1. The summed E-state index contributed by atoms with van der Waals surface area (Å²) in [4.78, 5) is 15.0. The number of rotatable bonds is 5. The van der Waals surface area contributed by atoms with Crippen LogP contribution in [0.3, 0.4) is 0 Å². The van der Waals surface area contributed by atoms with Crippen LogP contribution in [0, 0.1) is 11.8 Å². The molecule has 1 aromatic rings. The molecular formula is C19H26BN2O3. The maximum atomic E-state index is 10.8. The summed E-state index contributed by atoms with van der Waals surface area (Å²) in [5.74, 6) is 0.653. The second-order valence-corrected chi connectivity index (χ2v) is 7.24. The number of hydrogen-bond acceptors (Lipinski definition) is 4. The Kier molecular flexibility index (Phi) is 5.66. The van der Waals surface area contributed by atoms with E-state index in [1.165, 1.54) is 18.5 Å². The number of benzene rings is 1. The molecule has 1 aromatic carbocycles. The number of anilines is 1. The number of aliphatic carboxylic acids is 1. The van der Waals surface area contributed by atoms with Gasteiger partial charge in [0.25, 0.3) is 0 Å². The maximum absolute atomic E-state index is 10.8. The summed E-state index contributed by atoms with van der Waals surface area (Å²) in [7, 11) is 5.47. The number of carbonyl (C=O) groups is 1. The number of nitrogens with zero attached hydrogens (tertiary/aromatic N) is 2. The molecule has 133 valence electrons. The predicted molar refractivity (Wildman–Crippen MR) is 99.7 cm³/mol. The molecule has 2 N–H and O–H groups in total. The molecule has 0 bridgehead atoms. The first-order valence-corrected chi connectivity index (χ1v) is 9.15. The Balaban J connectivity index is 1.49. The first kappa shape index (κ1) is 17.8. The van der Waals surface area contributed by atoms with Crippen molar-refractivity contribution in [3.05, 3.63) is 29.8 Å². The van der Waals surface area contributed by atoms with Crippen molar-refractivity contribution in [1.29, 1.82) is 0 Å². The Bertz CT molecular complexity index is 604. The van der Waals surface area contributed by atoms with Crippen molar-refractivity contribution in [2.24, 2.45) is 11.8 Å². The van der Waals surface area contributed by atoms with Crippen molar-refractivity contribution in [3.63, 3.8) is 0 Å². The standard InChI is InChI=1S/C19H26BN2O3/c20-19(25)22-11-7-16(8-12-22)15-5-9-21(10-6-15)17-3-1-14(2-4-17)13-18(23)24/h1-4,15-16,25H,5-13H2,(H,23,24). The number of aliphatic hydroxyl groups excluding tert-OH is 1. The van der Waals surface area contributed by atoms with E-state index in [0.29, 0.717) is 0 Å². The summed E-state index contributed by atoms with van der Waals surface area (Å²) >= 11 is 0. The molecular weight excluding hydrogens is 315 g/mol. The molecule has 2 aliphatic heterocycles. The first-order valence-electron chi connectivity index (χ1n) is 9.15. The van der Waals surface area contributed by atoms with Gasteiger partial charge < -0.3 is 5.11 Å². The molecule has 1 radical (unpaired) electrons. The summed E-state index contributed by atoms with van der Waals surface area (Å²) in [6.45, 7) is 3.82. The summed E-state index contributed by atoms with van der Waals surface area (Å²) < 4.78 is 0. The normalized spacial score (nSPS) is 19.8. The van der Waals surface area contributed by atoms with Crippen molar-refractivity contribution in [2.75, 3.05) is 31.1 Å². The van der Waals surface area contributed by atoms with Gasteiger partial charge in [0.05, 0.1) is 6.42 Å². The van der Waals surface area contributed by atoms with Crippen LogP contribution in [0.4, 0.5) is 5.69 Å². The molecule has 0 amide bonds. The Morgan fingerprint density at radius 3 is 1.96 bits per heavy atom. The van der Waals surface area contributed by atoms with Gasteiger partial charge in [0.15, 0.2) is 0 Å². The number of aliphatic hydroxyl groups is 1. The van der Waals surface area contributed by atoms with Crippen molar-refractivity contribution in [1.82, 2.24) is 4.90 Å². The predicted octanol–water partition coefficient (Wildman–Crippen LogP) is 1.87. The third-order valence-corrected chi connectivity index (χ3v) is 5.73. The van der Waals surface area contributed by atoms with E-state index >= 15 is 0 Å². The topological polar surface area (TPSA) is 64.0 Å². The fraction of sp³-hybridized carbons (Fsp3) is 0.579. The van der Waals surface area contributed by atoms with Crippen molar-refractivity contribution in [2.45, 2.75) is 32.1 Å². The van der Waals surface area contributed by atoms with Crippen LogP contribution in [0.2, 0.25) is 0 Å². The van der Waals surface area contributed by atoms with E-state index < -0.39 is 5.97 Å². The van der Waals surface area contributed by atoms with Gasteiger partial charge in [0.1, 0.15) is 0 Å². The quantitative estimate of drug-likeness (QED) is 0.801. The number of piperidine rings is 2. The van der Waals surface area contributed by atoms with E-state index in [2.05, 4.69) is 4.90 Å². The van der Waals surface area contributed by atoms with E-state index in [-0.39, 0.29) is 12.2 Å². The molecule has 2 saturated heterocycles. The molecule has 0 aromatic heterocycles. The Hall–Kier alpha value is -1.98. The minimum atomic E-state index is -0.792. The number of carboxylic acids is 1. The van der Waals surface area contributed by atoms with E-state index in [1.54, 1.807) is 0 Å².